The first-order chi connectivity index (χ1) is 11.6. The second kappa shape index (κ2) is 7.90. The maximum absolute atomic E-state index is 9.67. The average Bonchev–Trinajstić information content (AvgIpc) is 2.60. The van der Waals surface area contributed by atoms with Crippen LogP contribution in [-0.2, 0) is 6.54 Å². The molecule has 0 radical (unpaired) electrons. The van der Waals surface area contributed by atoms with Crippen molar-refractivity contribution in [3.63, 3.8) is 0 Å². The molecule has 2 aromatic carbocycles. The van der Waals surface area contributed by atoms with Crippen molar-refractivity contribution >= 4 is 15.9 Å². The molecule has 0 spiro atoms. The molecule has 1 aliphatic heterocycles. The zero-order valence-electron chi connectivity index (χ0n) is 13.7. The molecule has 1 aliphatic rings. The molecule has 0 aromatic heterocycles. The van der Waals surface area contributed by atoms with Gasteiger partial charge in [0.25, 0.3) is 0 Å². The van der Waals surface area contributed by atoms with Crippen LogP contribution in [0.3, 0.4) is 0 Å². The Bertz CT molecular complexity index is 667. The number of benzene rings is 2. The van der Waals surface area contributed by atoms with E-state index in [0.717, 1.165) is 48.3 Å². The number of nitrogens with zero attached hydrogens (tertiary/aromatic N) is 1. The Morgan fingerprint density at radius 1 is 1.12 bits per heavy atom. The Kier molecular flexibility index (Phi) is 5.63. The molecule has 0 amide bonds. The molecule has 0 atom stereocenters. The van der Waals surface area contributed by atoms with E-state index in [1.807, 2.05) is 36.4 Å². The van der Waals surface area contributed by atoms with Crippen molar-refractivity contribution in [3.05, 3.63) is 52.5 Å². The molecule has 1 N–H and O–H groups in total. The summed E-state index contributed by atoms with van der Waals surface area (Å²) in [5.41, 5.74) is 1.15. The first kappa shape index (κ1) is 17.1. The third-order valence-corrected chi connectivity index (χ3v) is 4.83. The minimum absolute atomic E-state index is 0.183. The number of piperidine rings is 1. The molecule has 24 heavy (non-hydrogen) atoms. The Morgan fingerprint density at radius 2 is 1.83 bits per heavy atom. The Morgan fingerprint density at radius 3 is 2.50 bits per heavy atom. The summed E-state index contributed by atoms with van der Waals surface area (Å²) in [7, 11) is 1.57. The number of methoxy groups -OCH3 is 1. The summed E-state index contributed by atoms with van der Waals surface area (Å²) >= 11 is 3.44. The molecule has 128 valence electrons. The number of phenolic OH excluding ortho intramolecular Hbond substituents is 1. The van der Waals surface area contributed by atoms with E-state index < -0.39 is 0 Å². The summed E-state index contributed by atoms with van der Waals surface area (Å²) in [6, 6.07) is 13.5. The number of aromatic hydroxyl groups is 1. The second-order valence-corrected chi connectivity index (χ2v) is 6.97. The monoisotopic (exact) mass is 391 g/mol. The van der Waals surface area contributed by atoms with Gasteiger partial charge in [-0.25, -0.2) is 0 Å². The topological polar surface area (TPSA) is 41.9 Å². The molecule has 2 aromatic rings. The van der Waals surface area contributed by atoms with Crippen LogP contribution in [0.25, 0.3) is 0 Å². The molecule has 1 fully saturated rings. The Balaban J connectivity index is 1.51. The van der Waals surface area contributed by atoms with E-state index in [0.29, 0.717) is 5.75 Å². The highest BCUT2D eigenvalue weighted by atomic mass is 79.9. The lowest BCUT2D eigenvalue weighted by Gasteiger charge is -2.32. The van der Waals surface area contributed by atoms with Crippen molar-refractivity contribution in [2.75, 3.05) is 20.2 Å². The summed E-state index contributed by atoms with van der Waals surface area (Å²) in [5.74, 6) is 1.64. The standard InChI is InChI=1S/C19H22BrNO3/c1-23-19-12-14(2-7-18(19)22)13-21-10-8-17(9-11-21)24-16-5-3-15(20)4-6-16/h2-7,12,17,22H,8-11,13H2,1H3. The van der Waals surface area contributed by atoms with Gasteiger partial charge in [-0.1, -0.05) is 22.0 Å². The number of hydrogen-bond acceptors (Lipinski definition) is 4. The van der Waals surface area contributed by atoms with Crippen molar-refractivity contribution in [1.29, 1.82) is 0 Å². The first-order valence-corrected chi connectivity index (χ1v) is 8.94. The van der Waals surface area contributed by atoms with Gasteiger partial charge in [-0.05, 0) is 54.8 Å². The first-order valence-electron chi connectivity index (χ1n) is 8.14. The Labute approximate surface area is 151 Å². The normalized spacial score (nSPS) is 16.1. The molecule has 0 aliphatic carbocycles. The smallest absolute Gasteiger partial charge is 0.160 e. The zero-order chi connectivity index (χ0) is 16.9. The van der Waals surface area contributed by atoms with Crippen LogP contribution in [0.1, 0.15) is 18.4 Å². The highest BCUT2D eigenvalue weighted by Gasteiger charge is 2.20. The van der Waals surface area contributed by atoms with Crippen molar-refractivity contribution < 1.29 is 14.6 Å². The maximum atomic E-state index is 9.67. The number of rotatable bonds is 5. The molecule has 0 bridgehead atoms. The second-order valence-electron chi connectivity index (χ2n) is 6.05. The predicted octanol–water partition coefficient (Wildman–Crippen LogP) is 4.21. The fraction of sp³-hybridized carbons (Fsp3) is 0.368. The van der Waals surface area contributed by atoms with Gasteiger partial charge < -0.3 is 14.6 Å². The van der Waals surface area contributed by atoms with Crippen LogP contribution >= 0.6 is 15.9 Å². The van der Waals surface area contributed by atoms with Gasteiger partial charge in [0.15, 0.2) is 11.5 Å². The van der Waals surface area contributed by atoms with Crippen molar-refractivity contribution in [1.82, 2.24) is 4.90 Å². The molecule has 1 saturated heterocycles. The van der Waals surface area contributed by atoms with E-state index in [-0.39, 0.29) is 11.9 Å². The highest BCUT2D eigenvalue weighted by molar-refractivity contribution is 9.10. The van der Waals surface area contributed by atoms with Crippen molar-refractivity contribution in [2.45, 2.75) is 25.5 Å². The fourth-order valence-corrected chi connectivity index (χ4v) is 3.23. The fourth-order valence-electron chi connectivity index (χ4n) is 2.97. The number of phenols is 1. The highest BCUT2D eigenvalue weighted by Crippen LogP contribution is 2.27. The van der Waals surface area contributed by atoms with E-state index in [1.54, 1.807) is 13.2 Å². The van der Waals surface area contributed by atoms with Crippen LogP contribution in [0, 0.1) is 0 Å². The van der Waals surface area contributed by atoms with Crippen LogP contribution in [0.5, 0.6) is 17.2 Å². The van der Waals surface area contributed by atoms with E-state index in [9.17, 15) is 5.11 Å². The zero-order valence-corrected chi connectivity index (χ0v) is 15.3. The van der Waals surface area contributed by atoms with Crippen LogP contribution in [0.2, 0.25) is 0 Å². The summed E-state index contributed by atoms with van der Waals surface area (Å²) < 4.78 is 12.3. The van der Waals surface area contributed by atoms with Gasteiger partial charge in [-0.15, -0.1) is 0 Å². The summed E-state index contributed by atoms with van der Waals surface area (Å²) in [6.45, 7) is 2.87. The summed E-state index contributed by atoms with van der Waals surface area (Å²) in [5, 5.41) is 9.67. The lowest BCUT2D eigenvalue weighted by molar-refractivity contribution is 0.0967. The van der Waals surface area contributed by atoms with Gasteiger partial charge in [-0.3, -0.25) is 4.90 Å². The lowest BCUT2D eigenvalue weighted by Crippen LogP contribution is -2.37. The molecule has 0 saturated carbocycles. The van der Waals surface area contributed by atoms with Crippen LogP contribution in [0.4, 0.5) is 0 Å². The van der Waals surface area contributed by atoms with Gasteiger partial charge in [0.2, 0.25) is 0 Å². The van der Waals surface area contributed by atoms with Gasteiger partial charge in [-0.2, -0.15) is 0 Å². The minimum atomic E-state index is 0.183. The molecule has 4 nitrogen and oxygen atoms in total. The predicted molar refractivity (Wildman–Crippen MR) is 97.7 cm³/mol. The van der Waals surface area contributed by atoms with Gasteiger partial charge in [0.1, 0.15) is 11.9 Å². The number of halogens is 1. The molecular weight excluding hydrogens is 370 g/mol. The van der Waals surface area contributed by atoms with Crippen LogP contribution < -0.4 is 9.47 Å². The van der Waals surface area contributed by atoms with Gasteiger partial charge in [0, 0.05) is 24.1 Å². The van der Waals surface area contributed by atoms with Crippen LogP contribution in [-0.4, -0.2) is 36.3 Å². The third kappa shape index (κ3) is 4.42. The molecule has 0 unspecified atom stereocenters. The number of likely N-dealkylation sites (tertiary alicyclic amines) is 1. The van der Waals surface area contributed by atoms with Crippen molar-refractivity contribution in [2.24, 2.45) is 0 Å². The largest absolute Gasteiger partial charge is 0.504 e. The van der Waals surface area contributed by atoms with E-state index in [2.05, 4.69) is 20.8 Å². The number of hydrogen-bond donors (Lipinski definition) is 1. The quantitative estimate of drug-likeness (QED) is 0.828. The van der Waals surface area contributed by atoms with Gasteiger partial charge in [0.05, 0.1) is 7.11 Å². The minimum Gasteiger partial charge on any atom is -0.504 e. The summed E-state index contributed by atoms with van der Waals surface area (Å²) in [4.78, 5) is 2.41. The van der Waals surface area contributed by atoms with Crippen molar-refractivity contribution in [3.8, 4) is 17.2 Å². The molecular formula is C19H22BrNO3. The number of ether oxygens (including phenoxy) is 2. The van der Waals surface area contributed by atoms with Gasteiger partial charge >= 0.3 is 0 Å². The van der Waals surface area contributed by atoms with E-state index in [4.69, 9.17) is 9.47 Å². The average molecular weight is 392 g/mol. The molecule has 3 rings (SSSR count). The molecule has 5 heteroatoms. The van der Waals surface area contributed by atoms with E-state index in [1.165, 1.54) is 0 Å². The van der Waals surface area contributed by atoms with E-state index >= 15 is 0 Å². The SMILES string of the molecule is COc1cc(CN2CCC(Oc3ccc(Br)cc3)CC2)ccc1O. The molecule has 1 heterocycles. The Hall–Kier alpha value is -1.72. The maximum Gasteiger partial charge on any atom is 0.160 e. The van der Waals surface area contributed by atoms with Crippen LogP contribution in [0.15, 0.2) is 46.9 Å². The third-order valence-electron chi connectivity index (χ3n) is 4.30. The lowest BCUT2D eigenvalue weighted by atomic mass is 10.1. The summed E-state index contributed by atoms with van der Waals surface area (Å²) in [6.07, 6.45) is 2.31.